The van der Waals surface area contributed by atoms with Gasteiger partial charge in [-0.25, -0.2) is 4.79 Å². The van der Waals surface area contributed by atoms with Crippen molar-refractivity contribution >= 4 is 17.0 Å². The van der Waals surface area contributed by atoms with Crippen LogP contribution in [0.15, 0.2) is 64.5 Å². The number of aliphatic hydroxyl groups is 1. The molecule has 0 saturated heterocycles. The predicted molar refractivity (Wildman–Crippen MR) is 193 cm³/mol. The number of nitrogens with two attached hydrogens (primary N) is 3. The first-order chi connectivity index (χ1) is 23.2. The molecule has 11 nitrogen and oxygen atoms in total. The number of aromatic nitrogens is 3. The molecule has 0 bridgehead atoms. The van der Waals surface area contributed by atoms with Gasteiger partial charge in [0.2, 0.25) is 0 Å². The van der Waals surface area contributed by atoms with Crippen molar-refractivity contribution in [1.29, 1.82) is 0 Å². The van der Waals surface area contributed by atoms with Gasteiger partial charge in [-0.05, 0) is 78.2 Å². The highest BCUT2D eigenvalue weighted by Crippen LogP contribution is 2.31. The number of ether oxygens (including phenoxy) is 1. The SMILES string of the molecule is CC(C)(C)c1cc(CCC(O)CN)cc(OC(F)(F)F)c1.CC(C)(C)c1cc2cn(-c3ccc(CNCCCN=C(N)N)cc3)c(=O)nc2[nH]1. The van der Waals surface area contributed by atoms with Gasteiger partial charge in [-0.3, -0.25) is 9.56 Å². The standard InChI is InChI=1S/C21H29N7O.C15H22F3NO2/c1-21(2,3)17-11-15-13-28(20(29)27-18(15)26-17)16-7-5-14(6-8-16)12-24-9-4-10-25-19(22)23;1-14(2,3)11-6-10(4-5-12(20)9-19)7-13(8-11)21-15(16,17)18/h5-8,11,13,24H,4,9-10,12H2,1-3H3,(H4,22,23,25)(H,26,27,29);6-8,12,20H,4-5,9,19H2,1-3H3. The minimum Gasteiger partial charge on any atom is -0.406 e. The number of hydrogen-bond acceptors (Lipinski definition) is 7. The van der Waals surface area contributed by atoms with Crippen molar-refractivity contribution in [1.82, 2.24) is 19.9 Å². The molecule has 2 heterocycles. The molecule has 0 amide bonds. The number of aliphatic imine (C=N–C) groups is 1. The van der Waals surface area contributed by atoms with Gasteiger partial charge < -0.3 is 37.3 Å². The Labute approximate surface area is 291 Å². The third kappa shape index (κ3) is 12.8. The molecule has 0 saturated carbocycles. The fourth-order valence-corrected chi connectivity index (χ4v) is 4.88. The molecular weight excluding hydrogens is 649 g/mol. The van der Waals surface area contributed by atoms with Crippen molar-refractivity contribution in [3.05, 3.63) is 87.6 Å². The average Bonchev–Trinajstić information content (AvgIpc) is 3.44. The second-order valence-corrected chi connectivity index (χ2v) is 14.2. The van der Waals surface area contributed by atoms with Gasteiger partial charge in [0.25, 0.3) is 0 Å². The van der Waals surface area contributed by atoms with Crippen LogP contribution in [0.1, 0.15) is 76.8 Å². The topological polar surface area (TPSA) is 183 Å². The zero-order valence-corrected chi connectivity index (χ0v) is 29.7. The Morgan fingerprint density at radius 1 is 1.02 bits per heavy atom. The van der Waals surface area contributed by atoms with E-state index < -0.39 is 12.5 Å². The predicted octanol–water partition coefficient (Wildman–Crippen LogP) is 4.90. The summed E-state index contributed by atoms with van der Waals surface area (Å²) in [6, 6.07) is 14.5. The Bertz CT molecular complexity index is 1770. The molecule has 0 aliphatic carbocycles. The van der Waals surface area contributed by atoms with Gasteiger partial charge in [0, 0.05) is 42.3 Å². The van der Waals surface area contributed by atoms with Gasteiger partial charge in [-0.2, -0.15) is 4.98 Å². The van der Waals surface area contributed by atoms with Crippen molar-refractivity contribution < 1.29 is 23.0 Å². The maximum Gasteiger partial charge on any atom is 0.573 e. The van der Waals surface area contributed by atoms with Crippen molar-refractivity contribution in [3.8, 4) is 11.4 Å². The third-order valence-corrected chi connectivity index (χ3v) is 7.77. The van der Waals surface area contributed by atoms with E-state index >= 15 is 0 Å². The molecule has 2 aromatic carbocycles. The highest BCUT2D eigenvalue weighted by atomic mass is 19.4. The summed E-state index contributed by atoms with van der Waals surface area (Å²) in [5.74, 6) is -0.107. The molecule has 50 heavy (non-hydrogen) atoms. The summed E-state index contributed by atoms with van der Waals surface area (Å²) in [6.45, 7) is 14.4. The minimum atomic E-state index is -4.72. The molecule has 0 fully saturated rings. The van der Waals surface area contributed by atoms with E-state index in [1.165, 1.54) is 12.1 Å². The van der Waals surface area contributed by atoms with Crippen molar-refractivity contribution in [2.75, 3.05) is 19.6 Å². The molecule has 0 aliphatic rings. The molecule has 9 N–H and O–H groups in total. The number of halogens is 3. The number of nitrogens with one attached hydrogen (secondary N) is 2. The molecule has 0 spiro atoms. The number of fused-ring (bicyclic) bond motifs is 1. The minimum absolute atomic E-state index is 0.0352. The second-order valence-electron chi connectivity index (χ2n) is 14.2. The second kappa shape index (κ2) is 17.0. The van der Waals surface area contributed by atoms with Crippen LogP contribution in [0.5, 0.6) is 5.75 Å². The lowest BCUT2D eigenvalue weighted by Gasteiger charge is -2.22. The van der Waals surface area contributed by atoms with E-state index in [-0.39, 0.29) is 34.8 Å². The van der Waals surface area contributed by atoms with E-state index in [0.717, 1.165) is 47.4 Å². The summed E-state index contributed by atoms with van der Waals surface area (Å²) >= 11 is 0. The van der Waals surface area contributed by atoms with E-state index in [1.807, 2.05) is 57.3 Å². The lowest BCUT2D eigenvalue weighted by molar-refractivity contribution is -0.274. The number of aryl methyl sites for hydroxylation is 1. The fourth-order valence-electron chi connectivity index (χ4n) is 4.88. The Morgan fingerprint density at radius 2 is 1.70 bits per heavy atom. The van der Waals surface area contributed by atoms with Crippen LogP contribution in [0.2, 0.25) is 0 Å². The largest absolute Gasteiger partial charge is 0.573 e. The van der Waals surface area contributed by atoms with Gasteiger partial charge in [-0.1, -0.05) is 59.7 Å². The highest BCUT2D eigenvalue weighted by molar-refractivity contribution is 5.76. The van der Waals surface area contributed by atoms with Gasteiger partial charge in [0.1, 0.15) is 11.4 Å². The number of hydrogen-bond donors (Lipinski definition) is 6. The molecular formula is C36H51F3N8O3. The molecule has 4 aromatic rings. The van der Waals surface area contributed by atoms with Gasteiger partial charge >= 0.3 is 12.1 Å². The molecule has 0 radical (unpaired) electrons. The maximum absolute atomic E-state index is 12.5. The average molecular weight is 701 g/mol. The summed E-state index contributed by atoms with van der Waals surface area (Å²) in [7, 11) is 0. The number of alkyl halides is 3. The number of aliphatic hydroxyl groups excluding tert-OH is 1. The van der Waals surface area contributed by atoms with Crippen LogP contribution >= 0.6 is 0 Å². The summed E-state index contributed by atoms with van der Waals surface area (Å²) in [5, 5.41) is 13.7. The zero-order chi connectivity index (χ0) is 37.3. The van der Waals surface area contributed by atoms with E-state index in [0.29, 0.717) is 30.6 Å². The summed E-state index contributed by atoms with van der Waals surface area (Å²) in [6.07, 6.45) is -1.83. The monoisotopic (exact) mass is 700 g/mol. The maximum atomic E-state index is 12.5. The Hall–Kier alpha value is -4.40. The first-order valence-corrected chi connectivity index (χ1v) is 16.5. The van der Waals surface area contributed by atoms with Crippen LogP contribution in [0.3, 0.4) is 0 Å². The van der Waals surface area contributed by atoms with Gasteiger partial charge in [-0.15, -0.1) is 13.2 Å². The van der Waals surface area contributed by atoms with Crippen molar-refractivity contribution in [2.45, 2.75) is 90.6 Å². The quantitative estimate of drug-likeness (QED) is 0.0686. The van der Waals surface area contributed by atoms with E-state index in [4.69, 9.17) is 17.2 Å². The molecule has 1 atom stereocenters. The summed E-state index contributed by atoms with van der Waals surface area (Å²) in [4.78, 5) is 23.9. The highest BCUT2D eigenvalue weighted by Gasteiger charge is 2.32. The normalized spacial score (nSPS) is 12.7. The van der Waals surface area contributed by atoms with Crippen LogP contribution in [0.25, 0.3) is 16.7 Å². The number of benzene rings is 2. The molecule has 4 rings (SSSR count). The van der Waals surface area contributed by atoms with E-state index in [2.05, 4.69) is 51.9 Å². The molecule has 2 aromatic heterocycles. The molecule has 1 unspecified atom stereocenters. The number of H-pyrrole nitrogens is 1. The Morgan fingerprint density at radius 3 is 2.28 bits per heavy atom. The van der Waals surface area contributed by atoms with E-state index in [1.54, 1.807) is 4.57 Å². The van der Waals surface area contributed by atoms with Crippen molar-refractivity contribution in [3.63, 3.8) is 0 Å². The Kier molecular flexibility index (Phi) is 13.6. The summed E-state index contributed by atoms with van der Waals surface area (Å²) < 4.78 is 42.8. The summed E-state index contributed by atoms with van der Waals surface area (Å²) in [5.41, 5.74) is 20.3. The lowest BCUT2D eigenvalue weighted by Crippen LogP contribution is -2.23. The number of aromatic amines is 1. The number of nitrogens with zero attached hydrogens (tertiary/aromatic N) is 3. The van der Waals surface area contributed by atoms with Crippen LogP contribution in [0.4, 0.5) is 13.2 Å². The zero-order valence-electron chi connectivity index (χ0n) is 29.7. The lowest BCUT2D eigenvalue weighted by atomic mass is 9.85. The van der Waals surface area contributed by atoms with Gasteiger partial charge in [0.15, 0.2) is 5.96 Å². The van der Waals surface area contributed by atoms with Crippen LogP contribution in [-0.2, 0) is 23.8 Å². The fraction of sp³-hybridized carbons (Fsp3) is 0.472. The molecule has 274 valence electrons. The number of guanidine groups is 1. The smallest absolute Gasteiger partial charge is 0.406 e. The molecule has 0 aliphatic heterocycles. The van der Waals surface area contributed by atoms with E-state index in [9.17, 15) is 23.1 Å². The first-order valence-electron chi connectivity index (χ1n) is 16.5. The van der Waals surface area contributed by atoms with Crippen molar-refractivity contribution in [2.24, 2.45) is 22.2 Å². The molecule has 14 heteroatoms. The van der Waals surface area contributed by atoms with Crippen LogP contribution < -0.4 is 32.9 Å². The Balaban J connectivity index is 0.000000286. The van der Waals surface area contributed by atoms with Gasteiger partial charge in [0.05, 0.1) is 11.8 Å². The van der Waals surface area contributed by atoms with Crippen LogP contribution in [-0.4, -0.2) is 57.7 Å². The third-order valence-electron chi connectivity index (χ3n) is 7.77. The van der Waals surface area contributed by atoms with Crippen LogP contribution in [0, 0.1) is 0 Å². The first kappa shape index (κ1) is 40.0. The number of rotatable bonds is 12.